The summed E-state index contributed by atoms with van der Waals surface area (Å²) in [6.07, 6.45) is 1.93. The normalized spacial score (nSPS) is 13.6. The van der Waals surface area contributed by atoms with Crippen molar-refractivity contribution in [3.05, 3.63) is 23.5 Å². The molecule has 0 radical (unpaired) electrons. The summed E-state index contributed by atoms with van der Waals surface area (Å²) in [4.78, 5) is 19.1. The van der Waals surface area contributed by atoms with Crippen LogP contribution < -0.4 is 5.32 Å². The van der Waals surface area contributed by atoms with Crippen molar-refractivity contribution < 1.29 is 29.4 Å². The van der Waals surface area contributed by atoms with Crippen LogP contribution in [0.2, 0.25) is 0 Å². The van der Waals surface area contributed by atoms with Gasteiger partial charge in [-0.3, -0.25) is 0 Å². The van der Waals surface area contributed by atoms with Crippen molar-refractivity contribution in [1.82, 2.24) is 10.5 Å². The van der Waals surface area contributed by atoms with Crippen LogP contribution in [-0.2, 0) is 22.6 Å². The summed E-state index contributed by atoms with van der Waals surface area (Å²) >= 11 is 0. The lowest BCUT2D eigenvalue weighted by Gasteiger charge is -2.08. The lowest BCUT2D eigenvalue weighted by molar-refractivity contribution is -0.134. The highest BCUT2D eigenvalue weighted by Crippen LogP contribution is 2.22. The first kappa shape index (κ1) is 13.7. The molecule has 1 aliphatic heterocycles. The number of aromatic hydroxyl groups is 1. The molecule has 8 heteroatoms. The summed E-state index contributed by atoms with van der Waals surface area (Å²) in [5.41, 5.74) is 0.860. The van der Waals surface area contributed by atoms with Crippen molar-refractivity contribution in [2.24, 2.45) is 0 Å². The van der Waals surface area contributed by atoms with Gasteiger partial charge in [-0.25, -0.2) is 9.59 Å². The fraction of sp³-hybridized carbons (Fsp3) is 0.300. The first-order chi connectivity index (χ1) is 8.50. The second-order valence-corrected chi connectivity index (χ2v) is 3.34. The predicted octanol–water partition coefficient (Wildman–Crippen LogP) is -0.262. The van der Waals surface area contributed by atoms with E-state index >= 15 is 0 Å². The molecular weight excluding hydrogens is 244 g/mol. The zero-order valence-electron chi connectivity index (χ0n) is 9.29. The van der Waals surface area contributed by atoms with Gasteiger partial charge in [-0.15, -0.1) is 0 Å². The van der Waals surface area contributed by atoms with Crippen molar-refractivity contribution in [3.63, 3.8) is 0 Å². The zero-order chi connectivity index (χ0) is 13.5. The van der Waals surface area contributed by atoms with Crippen molar-refractivity contribution >= 4 is 11.9 Å². The van der Waals surface area contributed by atoms with Crippen LogP contribution >= 0.6 is 0 Å². The predicted molar refractivity (Wildman–Crippen MR) is 58.0 cm³/mol. The Morgan fingerprint density at radius 1 is 1.28 bits per heavy atom. The van der Waals surface area contributed by atoms with Crippen LogP contribution in [0.1, 0.15) is 11.3 Å². The van der Waals surface area contributed by atoms with Gasteiger partial charge in [0.25, 0.3) is 5.88 Å². The number of hydrogen-bond donors (Lipinski definition) is 4. The molecule has 18 heavy (non-hydrogen) atoms. The largest absolute Gasteiger partial charge is 0.491 e. The Hall–Kier alpha value is -2.35. The first-order valence-electron chi connectivity index (χ1n) is 5.01. The van der Waals surface area contributed by atoms with Gasteiger partial charge in [0.2, 0.25) is 0 Å². The Balaban J connectivity index is 0.000000187. The number of fused-ring (bicyclic) bond motifs is 1. The van der Waals surface area contributed by atoms with E-state index in [0.29, 0.717) is 18.7 Å². The fourth-order valence-corrected chi connectivity index (χ4v) is 1.28. The molecule has 0 fully saturated rings. The van der Waals surface area contributed by atoms with Crippen molar-refractivity contribution in [3.8, 4) is 5.88 Å². The van der Waals surface area contributed by atoms with E-state index in [1.54, 1.807) is 0 Å². The van der Waals surface area contributed by atoms with E-state index in [2.05, 4.69) is 10.5 Å². The standard InChI is InChI=1S/C6H8N2O2.C4H4O4/c9-6-4-1-2-7-3-5(4)10-8-6;5-3(6)1-2-4(7)8/h7H,1-3H2,(H,8,9);1-2H,(H,5,6)(H,7,8). The second kappa shape index (κ2) is 6.40. The maximum Gasteiger partial charge on any atom is 0.328 e. The molecule has 4 N–H and O–H groups in total. The first-order valence-corrected chi connectivity index (χ1v) is 5.01. The molecular formula is C10H12N2O6. The topological polar surface area (TPSA) is 133 Å². The number of aliphatic carboxylic acids is 2. The van der Waals surface area contributed by atoms with E-state index in [1.165, 1.54) is 0 Å². The molecule has 2 rings (SSSR count). The van der Waals surface area contributed by atoms with Crippen LogP contribution in [0.15, 0.2) is 16.7 Å². The number of aromatic nitrogens is 1. The number of nitrogens with one attached hydrogen (secondary N) is 1. The third kappa shape index (κ3) is 4.26. The Morgan fingerprint density at radius 2 is 1.89 bits per heavy atom. The van der Waals surface area contributed by atoms with Crippen LogP contribution in [0.4, 0.5) is 0 Å². The molecule has 0 spiro atoms. The highest BCUT2D eigenvalue weighted by atomic mass is 16.5. The minimum atomic E-state index is -1.26. The molecule has 2 heterocycles. The van der Waals surface area contributed by atoms with Gasteiger partial charge in [0.1, 0.15) is 0 Å². The van der Waals surface area contributed by atoms with E-state index in [9.17, 15) is 9.59 Å². The summed E-state index contributed by atoms with van der Waals surface area (Å²) in [6.45, 7) is 1.57. The van der Waals surface area contributed by atoms with Crippen LogP contribution in [0, 0.1) is 0 Å². The summed E-state index contributed by atoms with van der Waals surface area (Å²) < 4.78 is 4.82. The number of rotatable bonds is 2. The molecule has 0 bridgehead atoms. The summed E-state index contributed by atoms with van der Waals surface area (Å²) in [7, 11) is 0. The number of carboxylic acids is 2. The molecule has 0 aromatic carbocycles. The second-order valence-electron chi connectivity index (χ2n) is 3.34. The molecule has 1 aliphatic rings. The Bertz CT molecular complexity index is 449. The summed E-state index contributed by atoms with van der Waals surface area (Å²) in [6, 6.07) is 0. The maximum atomic E-state index is 9.55. The van der Waals surface area contributed by atoms with Crippen LogP contribution in [0.3, 0.4) is 0 Å². The van der Waals surface area contributed by atoms with E-state index in [0.717, 1.165) is 24.3 Å². The summed E-state index contributed by atoms with van der Waals surface area (Å²) in [5, 5.41) is 31.2. The van der Waals surface area contributed by atoms with Crippen LogP contribution in [0.5, 0.6) is 5.88 Å². The SMILES string of the molecule is O=C(O)C=CC(=O)O.Oc1noc2c1CCNC2. The number of carbonyl (C=O) groups is 2. The van der Waals surface area contributed by atoms with Gasteiger partial charge < -0.3 is 25.2 Å². The van der Waals surface area contributed by atoms with Gasteiger partial charge in [0, 0.05) is 12.2 Å². The van der Waals surface area contributed by atoms with E-state index in [-0.39, 0.29) is 5.88 Å². The fourth-order valence-electron chi connectivity index (χ4n) is 1.28. The van der Waals surface area contributed by atoms with E-state index in [1.807, 2.05) is 0 Å². The maximum absolute atomic E-state index is 9.55. The average molecular weight is 256 g/mol. The molecule has 0 saturated carbocycles. The minimum absolute atomic E-state index is 0.0523. The molecule has 1 aromatic rings. The molecule has 0 atom stereocenters. The Labute approximate surface area is 102 Å². The van der Waals surface area contributed by atoms with Gasteiger partial charge in [0.05, 0.1) is 12.1 Å². The minimum Gasteiger partial charge on any atom is -0.491 e. The molecule has 1 aromatic heterocycles. The zero-order valence-corrected chi connectivity index (χ0v) is 9.29. The lowest BCUT2D eigenvalue weighted by atomic mass is 10.1. The van der Waals surface area contributed by atoms with Gasteiger partial charge >= 0.3 is 11.9 Å². The van der Waals surface area contributed by atoms with Crippen LogP contribution in [0.25, 0.3) is 0 Å². The van der Waals surface area contributed by atoms with E-state index < -0.39 is 11.9 Å². The van der Waals surface area contributed by atoms with Crippen molar-refractivity contribution in [1.29, 1.82) is 0 Å². The average Bonchev–Trinajstić information content (AvgIpc) is 2.70. The molecule has 0 saturated heterocycles. The van der Waals surface area contributed by atoms with Gasteiger partial charge in [-0.2, -0.15) is 0 Å². The smallest absolute Gasteiger partial charge is 0.328 e. The summed E-state index contributed by atoms with van der Waals surface area (Å²) in [5.74, 6) is -1.69. The highest BCUT2D eigenvalue weighted by Gasteiger charge is 2.17. The van der Waals surface area contributed by atoms with Gasteiger partial charge in [-0.1, -0.05) is 0 Å². The van der Waals surface area contributed by atoms with Gasteiger partial charge in [0.15, 0.2) is 5.76 Å². The molecule has 8 nitrogen and oxygen atoms in total. The highest BCUT2D eigenvalue weighted by molar-refractivity contribution is 5.89. The number of nitrogens with zero attached hydrogens (tertiary/aromatic N) is 1. The van der Waals surface area contributed by atoms with Crippen molar-refractivity contribution in [2.45, 2.75) is 13.0 Å². The third-order valence-corrected chi connectivity index (χ3v) is 2.05. The number of hydrogen-bond acceptors (Lipinski definition) is 6. The monoisotopic (exact) mass is 256 g/mol. The molecule has 98 valence electrons. The quantitative estimate of drug-likeness (QED) is 0.532. The molecule has 0 aliphatic carbocycles. The van der Waals surface area contributed by atoms with E-state index in [4.69, 9.17) is 19.8 Å². The third-order valence-electron chi connectivity index (χ3n) is 2.05. The molecule has 0 amide bonds. The number of carboxylic acid groups (broad SMARTS) is 2. The van der Waals surface area contributed by atoms with Crippen molar-refractivity contribution in [2.75, 3.05) is 6.54 Å². The Morgan fingerprint density at radius 3 is 2.39 bits per heavy atom. The van der Waals surface area contributed by atoms with Crippen LogP contribution in [-0.4, -0.2) is 39.0 Å². The lowest BCUT2D eigenvalue weighted by Crippen LogP contribution is -2.22. The van der Waals surface area contributed by atoms with Gasteiger partial charge in [-0.05, 0) is 18.1 Å². The molecule has 0 unspecified atom stereocenters. The Kier molecular flexibility index (Phi) is 4.88.